The number of unbranched alkanes of at least 4 members (excludes halogenated alkanes) is 6. The molecule has 2 aliphatic heterocycles. The van der Waals surface area contributed by atoms with E-state index in [1.54, 1.807) is 4.90 Å². The standard InChI is InChI=1S/C27H47N7O6/c1-18(35)33-16-14-19-10-12-22(34(19)27(40)20(28)17-33)26(39)32-21(11-13-24(30)37)25(38)31-15-8-6-4-2-3-5-7-9-23(29)36/h19-22H,2-17,28H2,1H3,(H2,29,36)(H2,30,37)(H,31,38)(H,32,39)/t19-,20+,21+,22+/m1/s1. The molecular weight excluding hydrogens is 518 g/mol. The Morgan fingerprint density at radius 3 is 2.15 bits per heavy atom. The average molecular weight is 566 g/mol. The molecule has 4 atom stereocenters. The monoisotopic (exact) mass is 565 g/mol. The molecule has 0 aromatic carbocycles. The largest absolute Gasteiger partial charge is 0.370 e. The summed E-state index contributed by atoms with van der Waals surface area (Å²) in [5.74, 6) is -2.25. The molecular formula is C27H47N7O6. The molecule has 6 amide bonds. The fraction of sp³-hybridized carbons (Fsp3) is 0.778. The SMILES string of the molecule is CC(=O)N1CC[C@H]2CC[C@@H](C(=O)N[C@@H](CCC(N)=O)C(=O)NCCCCCCCCCC(N)=O)N2C(=O)[C@@H](N)C1. The molecule has 2 heterocycles. The first-order valence-corrected chi connectivity index (χ1v) is 14.5. The molecule has 13 heteroatoms. The van der Waals surface area contributed by atoms with Gasteiger partial charge in [-0.15, -0.1) is 0 Å². The Hall–Kier alpha value is -3.22. The topological polar surface area (TPSA) is 211 Å². The van der Waals surface area contributed by atoms with E-state index in [1.807, 2.05) is 0 Å². The minimum Gasteiger partial charge on any atom is -0.370 e. The molecule has 0 spiro atoms. The van der Waals surface area contributed by atoms with Gasteiger partial charge in [0.05, 0.1) is 0 Å². The Labute approximate surface area is 236 Å². The number of carbonyl (C=O) groups excluding carboxylic acids is 6. The second kappa shape index (κ2) is 16.8. The Balaban J connectivity index is 1.87. The molecule has 2 saturated heterocycles. The van der Waals surface area contributed by atoms with Gasteiger partial charge >= 0.3 is 0 Å². The highest BCUT2D eigenvalue weighted by Crippen LogP contribution is 2.29. The third kappa shape index (κ3) is 10.7. The molecule has 2 fully saturated rings. The number of nitrogens with zero attached hydrogens (tertiary/aromatic N) is 2. The minimum atomic E-state index is -0.962. The second-order valence-electron chi connectivity index (χ2n) is 10.9. The lowest BCUT2D eigenvalue weighted by molar-refractivity contribution is -0.144. The van der Waals surface area contributed by atoms with Crippen LogP contribution in [0.4, 0.5) is 0 Å². The number of hydrogen-bond acceptors (Lipinski definition) is 7. The van der Waals surface area contributed by atoms with Crippen molar-refractivity contribution in [1.82, 2.24) is 20.4 Å². The molecule has 0 bridgehead atoms. The van der Waals surface area contributed by atoms with Gasteiger partial charge in [0.25, 0.3) is 0 Å². The first-order valence-electron chi connectivity index (χ1n) is 14.5. The van der Waals surface area contributed by atoms with Crippen LogP contribution >= 0.6 is 0 Å². The van der Waals surface area contributed by atoms with Gasteiger partial charge < -0.3 is 37.6 Å². The summed E-state index contributed by atoms with van der Waals surface area (Å²) in [5.41, 5.74) is 16.5. The van der Waals surface area contributed by atoms with Gasteiger partial charge in [-0.25, -0.2) is 0 Å². The van der Waals surface area contributed by atoms with Gasteiger partial charge in [0.2, 0.25) is 35.4 Å². The average Bonchev–Trinajstić information content (AvgIpc) is 3.31. The highest BCUT2D eigenvalue weighted by molar-refractivity contribution is 5.94. The van der Waals surface area contributed by atoms with Crippen LogP contribution in [0.25, 0.3) is 0 Å². The Morgan fingerprint density at radius 2 is 1.52 bits per heavy atom. The van der Waals surface area contributed by atoms with Crippen LogP contribution in [-0.4, -0.2) is 89.0 Å². The number of fused-ring (bicyclic) bond motifs is 1. The van der Waals surface area contributed by atoms with Crippen molar-refractivity contribution < 1.29 is 28.8 Å². The van der Waals surface area contributed by atoms with E-state index in [0.29, 0.717) is 38.8 Å². The molecule has 0 aliphatic carbocycles. The number of carbonyl (C=O) groups is 6. The van der Waals surface area contributed by atoms with Crippen molar-refractivity contribution in [3.05, 3.63) is 0 Å². The van der Waals surface area contributed by atoms with Crippen molar-refractivity contribution in [2.45, 2.75) is 115 Å². The normalized spacial score (nSPS) is 21.6. The molecule has 2 rings (SSSR count). The van der Waals surface area contributed by atoms with Gasteiger partial charge in [-0.2, -0.15) is 0 Å². The van der Waals surface area contributed by atoms with Crippen molar-refractivity contribution >= 4 is 35.4 Å². The zero-order valence-electron chi connectivity index (χ0n) is 23.7. The van der Waals surface area contributed by atoms with E-state index in [1.165, 1.54) is 11.8 Å². The van der Waals surface area contributed by atoms with E-state index in [2.05, 4.69) is 10.6 Å². The molecule has 226 valence electrons. The highest BCUT2D eigenvalue weighted by atomic mass is 16.2. The Kier molecular flexibility index (Phi) is 13.8. The summed E-state index contributed by atoms with van der Waals surface area (Å²) in [7, 11) is 0. The Bertz CT molecular complexity index is 914. The lowest BCUT2D eigenvalue weighted by Gasteiger charge is -2.37. The number of nitrogens with two attached hydrogens (primary N) is 3. The zero-order valence-corrected chi connectivity index (χ0v) is 23.7. The Morgan fingerprint density at radius 1 is 0.900 bits per heavy atom. The van der Waals surface area contributed by atoms with Crippen LogP contribution in [0.3, 0.4) is 0 Å². The van der Waals surface area contributed by atoms with Crippen LogP contribution < -0.4 is 27.8 Å². The highest BCUT2D eigenvalue weighted by Gasteiger charge is 2.44. The van der Waals surface area contributed by atoms with Crippen LogP contribution in [0.1, 0.15) is 90.4 Å². The predicted molar refractivity (Wildman–Crippen MR) is 148 cm³/mol. The number of amides is 6. The van der Waals surface area contributed by atoms with Gasteiger partial charge in [0.15, 0.2) is 0 Å². The van der Waals surface area contributed by atoms with Crippen molar-refractivity contribution in [1.29, 1.82) is 0 Å². The summed E-state index contributed by atoms with van der Waals surface area (Å²) in [5, 5.41) is 5.58. The lowest BCUT2D eigenvalue weighted by Crippen LogP contribution is -2.60. The van der Waals surface area contributed by atoms with E-state index < -0.39 is 35.8 Å². The quantitative estimate of drug-likeness (QED) is 0.153. The third-order valence-corrected chi connectivity index (χ3v) is 7.68. The molecule has 0 aromatic heterocycles. The number of hydrogen-bond donors (Lipinski definition) is 5. The van der Waals surface area contributed by atoms with Gasteiger partial charge in [-0.05, 0) is 38.5 Å². The molecule has 0 aromatic rings. The molecule has 0 radical (unpaired) electrons. The number of primary amides is 2. The van der Waals surface area contributed by atoms with Crippen LogP contribution in [0.15, 0.2) is 0 Å². The second-order valence-corrected chi connectivity index (χ2v) is 10.9. The van der Waals surface area contributed by atoms with Gasteiger partial charge in [0.1, 0.15) is 18.1 Å². The summed E-state index contributed by atoms with van der Waals surface area (Å²) < 4.78 is 0. The molecule has 8 N–H and O–H groups in total. The van der Waals surface area contributed by atoms with Crippen LogP contribution in [0.2, 0.25) is 0 Å². The van der Waals surface area contributed by atoms with E-state index in [9.17, 15) is 28.8 Å². The maximum absolute atomic E-state index is 13.3. The van der Waals surface area contributed by atoms with Gasteiger partial charge in [-0.1, -0.05) is 32.1 Å². The molecule has 13 nitrogen and oxygen atoms in total. The van der Waals surface area contributed by atoms with E-state index in [4.69, 9.17) is 17.2 Å². The fourth-order valence-electron chi connectivity index (χ4n) is 5.41. The summed E-state index contributed by atoms with van der Waals surface area (Å²) in [6.45, 7) is 2.41. The summed E-state index contributed by atoms with van der Waals surface area (Å²) in [4.78, 5) is 76.5. The van der Waals surface area contributed by atoms with Crippen LogP contribution in [0, 0.1) is 0 Å². The predicted octanol–water partition coefficient (Wildman–Crippen LogP) is -0.602. The van der Waals surface area contributed by atoms with Crippen molar-refractivity contribution in [2.24, 2.45) is 17.2 Å². The van der Waals surface area contributed by atoms with Crippen molar-refractivity contribution in [3.63, 3.8) is 0 Å². The zero-order chi connectivity index (χ0) is 29.7. The smallest absolute Gasteiger partial charge is 0.243 e. The number of nitrogens with one attached hydrogen (secondary N) is 2. The fourth-order valence-corrected chi connectivity index (χ4v) is 5.41. The van der Waals surface area contributed by atoms with E-state index >= 15 is 0 Å². The lowest BCUT2D eigenvalue weighted by atomic mass is 10.1. The van der Waals surface area contributed by atoms with Gasteiger partial charge in [0, 0.05) is 45.4 Å². The summed E-state index contributed by atoms with van der Waals surface area (Å²) in [6.07, 6.45) is 8.49. The maximum atomic E-state index is 13.3. The first kappa shape index (κ1) is 33.0. The first-order chi connectivity index (χ1) is 19.0. The minimum absolute atomic E-state index is 0.0510. The summed E-state index contributed by atoms with van der Waals surface area (Å²) >= 11 is 0. The van der Waals surface area contributed by atoms with Crippen molar-refractivity contribution in [3.8, 4) is 0 Å². The van der Waals surface area contributed by atoms with Crippen LogP contribution in [-0.2, 0) is 28.8 Å². The number of rotatable bonds is 16. The molecule has 0 unspecified atom stereocenters. The molecule has 2 aliphatic rings. The van der Waals surface area contributed by atoms with Gasteiger partial charge in [-0.3, -0.25) is 28.8 Å². The maximum Gasteiger partial charge on any atom is 0.243 e. The summed E-state index contributed by atoms with van der Waals surface area (Å²) in [6, 6.07) is -2.91. The van der Waals surface area contributed by atoms with Crippen LogP contribution in [0.5, 0.6) is 0 Å². The van der Waals surface area contributed by atoms with E-state index in [-0.39, 0.29) is 43.1 Å². The van der Waals surface area contributed by atoms with E-state index in [0.717, 1.165) is 44.9 Å². The molecule has 0 saturated carbocycles. The molecule has 40 heavy (non-hydrogen) atoms. The third-order valence-electron chi connectivity index (χ3n) is 7.68. The van der Waals surface area contributed by atoms with Crippen molar-refractivity contribution in [2.75, 3.05) is 19.6 Å².